The van der Waals surface area contributed by atoms with Crippen molar-refractivity contribution >= 4 is 11.1 Å². The van der Waals surface area contributed by atoms with Crippen LogP contribution in [-0.4, -0.2) is 8.76 Å². The molecule has 46 valence electrons. The van der Waals surface area contributed by atoms with E-state index >= 15 is 0 Å². The van der Waals surface area contributed by atoms with Crippen molar-refractivity contribution in [2.75, 3.05) is 0 Å². The van der Waals surface area contributed by atoms with Crippen LogP contribution in [0.1, 0.15) is 0 Å². The van der Waals surface area contributed by atoms with Crippen molar-refractivity contribution in [3.8, 4) is 0 Å². The highest BCUT2D eigenvalue weighted by molar-refractivity contribution is 7.82. The van der Waals surface area contributed by atoms with Crippen LogP contribution in [0.4, 0.5) is 0 Å². The molecule has 0 N–H and O–H groups in total. The standard InChI is InChI=1S/C4H6O3S/c1-2-7-3-4-8(5)6/h2-4H,1H2,(H,5,6)/p-1. The lowest BCUT2D eigenvalue weighted by Crippen LogP contribution is -1.76. The molecular formula is C4H5O3S-. The molecule has 0 fully saturated rings. The van der Waals surface area contributed by atoms with Crippen LogP contribution in [0.5, 0.6) is 0 Å². The molecule has 0 amide bonds. The Balaban J connectivity index is 3.34. The summed E-state index contributed by atoms with van der Waals surface area (Å²) in [5, 5.41) is 0.877. The summed E-state index contributed by atoms with van der Waals surface area (Å²) in [5.41, 5.74) is 0. The van der Waals surface area contributed by atoms with E-state index in [2.05, 4.69) is 11.3 Å². The second-order valence-corrected chi connectivity index (χ2v) is 1.63. The molecule has 0 aromatic carbocycles. The third-order valence-corrected chi connectivity index (χ3v) is 0.675. The molecule has 8 heavy (non-hydrogen) atoms. The Bertz CT molecular complexity index is 118. The van der Waals surface area contributed by atoms with E-state index in [1.54, 1.807) is 0 Å². The van der Waals surface area contributed by atoms with Crippen LogP contribution in [0.15, 0.2) is 24.5 Å². The molecule has 0 radical (unpaired) electrons. The van der Waals surface area contributed by atoms with Crippen LogP contribution in [0.25, 0.3) is 0 Å². The van der Waals surface area contributed by atoms with Crippen molar-refractivity contribution in [1.29, 1.82) is 0 Å². The lowest BCUT2D eigenvalue weighted by molar-refractivity contribution is 0.405. The van der Waals surface area contributed by atoms with Gasteiger partial charge < -0.3 is 9.29 Å². The zero-order chi connectivity index (χ0) is 6.41. The van der Waals surface area contributed by atoms with E-state index in [0.717, 1.165) is 17.9 Å². The number of ether oxygens (including phenoxy) is 1. The smallest absolute Gasteiger partial charge is 0.0978 e. The minimum atomic E-state index is -2.17. The Kier molecular flexibility index (Phi) is 4.20. The van der Waals surface area contributed by atoms with Crippen LogP contribution < -0.4 is 0 Å². The lowest BCUT2D eigenvalue weighted by Gasteiger charge is -1.92. The van der Waals surface area contributed by atoms with E-state index in [0.29, 0.717) is 0 Å². The van der Waals surface area contributed by atoms with Gasteiger partial charge in [0.25, 0.3) is 0 Å². The summed E-state index contributed by atoms with van der Waals surface area (Å²) >= 11 is -2.17. The zero-order valence-corrected chi connectivity index (χ0v) is 4.89. The van der Waals surface area contributed by atoms with Gasteiger partial charge in [-0.2, -0.15) is 0 Å². The van der Waals surface area contributed by atoms with Crippen molar-refractivity contribution in [3.63, 3.8) is 0 Å². The fourth-order valence-corrected chi connectivity index (χ4v) is 0.288. The largest absolute Gasteiger partial charge is 0.769 e. The lowest BCUT2D eigenvalue weighted by atomic mass is 11.1. The summed E-state index contributed by atoms with van der Waals surface area (Å²) < 4.78 is 23.7. The monoisotopic (exact) mass is 133 g/mol. The minimum absolute atomic E-state index is 0.877. The molecule has 0 bridgehead atoms. The number of hydrogen-bond donors (Lipinski definition) is 0. The molecule has 0 saturated carbocycles. The summed E-state index contributed by atoms with van der Waals surface area (Å²) in [6, 6.07) is 0. The van der Waals surface area contributed by atoms with Gasteiger partial charge in [0.15, 0.2) is 0 Å². The summed E-state index contributed by atoms with van der Waals surface area (Å²) in [6.07, 6.45) is 2.15. The Morgan fingerprint density at radius 1 is 1.75 bits per heavy atom. The maximum atomic E-state index is 9.67. The van der Waals surface area contributed by atoms with Crippen molar-refractivity contribution in [3.05, 3.63) is 24.5 Å². The zero-order valence-electron chi connectivity index (χ0n) is 4.07. The SMILES string of the molecule is C=COC=CS(=O)[O-]. The van der Waals surface area contributed by atoms with E-state index in [1.807, 2.05) is 0 Å². The average Bonchev–Trinajstić information content (AvgIpc) is 1.66. The molecule has 0 aliphatic carbocycles. The Morgan fingerprint density at radius 3 is 2.75 bits per heavy atom. The molecule has 4 heteroatoms. The van der Waals surface area contributed by atoms with Gasteiger partial charge in [0.05, 0.1) is 12.5 Å². The summed E-state index contributed by atoms with van der Waals surface area (Å²) in [6.45, 7) is 3.18. The first kappa shape index (κ1) is 7.39. The van der Waals surface area contributed by atoms with Crippen molar-refractivity contribution in [1.82, 2.24) is 0 Å². The van der Waals surface area contributed by atoms with E-state index in [9.17, 15) is 8.76 Å². The predicted octanol–water partition coefficient (Wildman–Crippen LogP) is 0.497. The molecule has 0 aromatic heterocycles. The fraction of sp³-hybridized carbons (Fsp3) is 0. The molecule has 3 nitrogen and oxygen atoms in total. The molecule has 0 spiro atoms. The third-order valence-electron chi connectivity index (χ3n) is 0.341. The third kappa shape index (κ3) is 5.39. The maximum Gasteiger partial charge on any atom is 0.0978 e. The molecule has 0 aliphatic heterocycles. The molecule has 1 atom stereocenters. The van der Waals surface area contributed by atoms with Crippen LogP contribution >= 0.6 is 0 Å². The van der Waals surface area contributed by atoms with Gasteiger partial charge in [-0.3, -0.25) is 4.21 Å². The van der Waals surface area contributed by atoms with E-state index in [1.165, 1.54) is 0 Å². The Hall–Kier alpha value is -0.610. The molecule has 0 heterocycles. The topological polar surface area (TPSA) is 49.4 Å². The Labute approximate surface area is 49.9 Å². The van der Waals surface area contributed by atoms with E-state index in [4.69, 9.17) is 0 Å². The second-order valence-electron chi connectivity index (χ2n) is 0.835. The summed E-state index contributed by atoms with van der Waals surface area (Å²) in [4.78, 5) is 0. The first-order valence-corrected chi connectivity index (χ1v) is 2.92. The molecule has 1 unspecified atom stereocenters. The van der Waals surface area contributed by atoms with Gasteiger partial charge in [0.2, 0.25) is 0 Å². The first-order valence-electron chi connectivity index (χ1n) is 1.78. The maximum absolute atomic E-state index is 9.67. The van der Waals surface area contributed by atoms with Crippen molar-refractivity contribution in [2.24, 2.45) is 0 Å². The van der Waals surface area contributed by atoms with E-state index < -0.39 is 11.1 Å². The highest BCUT2D eigenvalue weighted by atomic mass is 32.2. The first-order chi connectivity index (χ1) is 3.77. The normalized spacial score (nSPS) is 13.6. The summed E-state index contributed by atoms with van der Waals surface area (Å²) in [7, 11) is 0. The second kappa shape index (κ2) is 4.55. The van der Waals surface area contributed by atoms with Crippen LogP contribution in [0, 0.1) is 0 Å². The van der Waals surface area contributed by atoms with Gasteiger partial charge in [0.1, 0.15) is 0 Å². The van der Waals surface area contributed by atoms with Gasteiger partial charge in [-0.1, -0.05) is 6.58 Å². The Morgan fingerprint density at radius 2 is 2.38 bits per heavy atom. The number of hydrogen-bond acceptors (Lipinski definition) is 3. The fourth-order valence-electron chi connectivity index (χ4n) is 0.133. The van der Waals surface area contributed by atoms with Crippen LogP contribution in [0.3, 0.4) is 0 Å². The molecule has 0 aliphatic rings. The van der Waals surface area contributed by atoms with Gasteiger partial charge in [-0.05, 0) is 11.1 Å². The predicted molar refractivity (Wildman–Crippen MR) is 29.3 cm³/mol. The van der Waals surface area contributed by atoms with Crippen molar-refractivity contribution < 1.29 is 13.5 Å². The molecular weight excluding hydrogens is 128 g/mol. The highest BCUT2D eigenvalue weighted by Gasteiger charge is 1.65. The number of rotatable bonds is 3. The van der Waals surface area contributed by atoms with Crippen LogP contribution in [-0.2, 0) is 15.8 Å². The molecule has 0 rings (SSSR count). The average molecular weight is 133 g/mol. The minimum Gasteiger partial charge on any atom is -0.769 e. The van der Waals surface area contributed by atoms with Gasteiger partial charge in [-0.25, -0.2) is 0 Å². The van der Waals surface area contributed by atoms with Crippen LogP contribution in [0.2, 0.25) is 0 Å². The van der Waals surface area contributed by atoms with Gasteiger partial charge in [0, 0.05) is 5.41 Å². The molecule has 0 saturated heterocycles. The molecule has 0 aromatic rings. The van der Waals surface area contributed by atoms with Crippen molar-refractivity contribution in [2.45, 2.75) is 0 Å². The van der Waals surface area contributed by atoms with Gasteiger partial charge in [-0.15, -0.1) is 0 Å². The highest BCUT2D eigenvalue weighted by Crippen LogP contribution is 1.79. The summed E-state index contributed by atoms with van der Waals surface area (Å²) in [5.74, 6) is 0. The quantitative estimate of drug-likeness (QED) is 0.416. The van der Waals surface area contributed by atoms with Gasteiger partial charge >= 0.3 is 0 Å². The van der Waals surface area contributed by atoms with E-state index in [-0.39, 0.29) is 0 Å².